The number of hydrogen-bond donors (Lipinski definition) is 1. The summed E-state index contributed by atoms with van der Waals surface area (Å²) < 4.78 is 0. The maximum Gasteiger partial charge on any atom is 0.264 e. The Morgan fingerprint density at radius 3 is 2.48 bits per heavy atom. The lowest BCUT2D eigenvalue weighted by molar-refractivity contribution is 0.0732. The van der Waals surface area contributed by atoms with Gasteiger partial charge in [0.2, 0.25) is 0 Å². The lowest BCUT2D eigenvalue weighted by Gasteiger charge is -2.25. The van der Waals surface area contributed by atoms with Crippen molar-refractivity contribution < 1.29 is 4.79 Å². The van der Waals surface area contributed by atoms with Crippen LogP contribution in [0.2, 0.25) is 0 Å². The second-order valence-corrected chi connectivity index (χ2v) is 7.31. The van der Waals surface area contributed by atoms with Crippen molar-refractivity contribution in [3.8, 4) is 0 Å². The molecule has 1 amide bonds. The molecule has 2 aliphatic heterocycles. The fourth-order valence-electron chi connectivity index (χ4n) is 4.02. The average molecular weight is 367 g/mol. The van der Waals surface area contributed by atoms with Gasteiger partial charge in [0.1, 0.15) is 5.82 Å². The summed E-state index contributed by atoms with van der Waals surface area (Å²) in [7, 11) is 0. The summed E-state index contributed by atoms with van der Waals surface area (Å²) in [4.78, 5) is 33.0. The van der Waals surface area contributed by atoms with Crippen LogP contribution in [0.4, 0.5) is 5.82 Å². The number of aromatic amines is 1. The Labute approximate surface area is 158 Å². The van der Waals surface area contributed by atoms with E-state index in [9.17, 15) is 9.59 Å². The predicted molar refractivity (Wildman–Crippen MR) is 103 cm³/mol. The Morgan fingerprint density at radius 2 is 1.81 bits per heavy atom. The molecule has 0 aromatic carbocycles. The Bertz CT molecular complexity index is 820. The molecular formula is C20H25N5O2. The number of aromatic nitrogens is 3. The van der Waals surface area contributed by atoms with Crippen LogP contribution in [0.1, 0.15) is 60.6 Å². The topological polar surface area (TPSA) is 82.2 Å². The maximum absolute atomic E-state index is 13.0. The SMILES string of the molecule is O=C(c1ccc(N2CCCCCC2)nc1)N1CCCC1c1ccc(=O)[nH]n1. The van der Waals surface area contributed by atoms with Crippen molar-refractivity contribution in [1.29, 1.82) is 0 Å². The number of likely N-dealkylation sites (tertiary alicyclic amines) is 1. The Morgan fingerprint density at radius 1 is 1.00 bits per heavy atom. The van der Waals surface area contributed by atoms with E-state index in [4.69, 9.17) is 0 Å². The molecule has 7 nitrogen and oxygen atoms in total. The molecule has 0 radical (unpaired) electrons. The first-order valence-electron chi connectivity index (χ1n) is 9.80. The smallest absolute Gasteiger partial charge is 0.264 e. The summed E-state index contributed by atoms with van der Waals surface area (Å²) in [6.07, 6.45) is 8.43. The zero-order chi connectivity index (χ0) is 18.6. The Hall–Kier alpha value is -2.70. The third kappa shape index (κ3) is 3.86. The first-order valence-corrected chi connectivity index (χ1v) is 9.80. The number of H-pyrrole nitrogens is 1. The molecule has 2 saturated heterocycles. The molecule has 0 bridgehead atoms. The number of anilines is 1. The molecule has 7 heteroatoms. The number of carbonyl (C=O) groups excluding carboxylic acids is 1. The summed E-state index contributed by atoms with van der Waals surface area (Å²) in [6.45, 7) is 2.76. The molecule has 2 fully saturated rings. The molecule has 2 aliphatic rings. The van der Waals surface area contributed by atoms with Gasteiger partial charge in [-0.2, -0.15) is 5.10 Å². The van der Waals surface area contributed by atoms with Gasteiger partial charge in [0, 0.05) is 31.9 Å². The van der Waals surface area contributed by atoms with Crippen LogP contribution in [0.5, 0.6) is 0 Å². The zero-order valence-electron chi connectivity index (χ0n) is 15.4. The van der Waals surface area contributed by atoms with Crippen LogP contribution in [0.3, 0.4) is 0 Å². The van der Waals surface area contributed by atoms with Crippen LogP contribution in [0.25, 0.3) is 0 Å². The van der Waals surface area contributed by atoms with Crippen molar-refractivity contribution in [2.45, 2.75) is 44.6 Å². The third-order valence-electron chi connectivity index (χ3n) is 5.48. The zero-order valence-corrected chi connectivity index (χ0v) is 15.4. The third-order valence-corrected chi connectivity index (χ3v) is 5.48. The molecule has 4 heterocycles. The summed E-state index contributed by atoms with van der Waals surface area (Å²) in [6, 6.07) is 6.91. The molecule has 1 atom stereocenters. The summed E-state index contributed by atoms with van der Waals surface area (Å²) in [5.41, 5.74) is 1.10. The van der Waals surface area contributed by atoms with Crippen molar-refractivity contribution in [2.24, 2.45) is 0 Å². The minimum Gasteiger partial charge on any atom is -0.357 e. The number of nitrogens with one attached hydrogen (secondary N) is 1. The number of amides is 1. The van der Waals surface area contributed by atoms with Gasteiger partial charge in [0.25, 0.3) is 11.5 Å². The van der Waals surface area contributed by atoms with Crippen LogP contribution in [0, 0.1) is 0 Å². The number of nitrogens with zero attached hydrogens (tertiary/aromatic N) is 4. The first kappa shape index (κ1) is 17.7. The number of rotatable bonds is 3. The monoisotopic (exact) mass is 367 g/mol. The van der Waals surface area contributed by atoms with Crippen LogP contribution < -0.4 is 10.5 Å². The average Bonchev–Trinajstić information content (AvgIpc) is 3.03. The summed E-state index contributed by atoms with van der Waals surface area (Å²) in [5, 5.41) is 6.58. The van der Waals surface area contributed by atoms with Crippen molar-refractivity contribution in [2.75, 3.05) is 24.5 Å². The Kier molecular flexibility index (Phi) is 5.18. The van der Waals surface area contributed by atoms with Gasteiger partial charge >= 0.3 is 0 Å². The van der Waals surface area contributed by atoms with Gasteiger partial charge in [-0.15, -0.1) is 0 Å². The highest BCUT2D eigenvalue weighted by molar-refractivity contribution is 5.94. The highest BCUT2D eigenvalue weighted by Crippen LogP contribution is 2.31. The van der Waals surface area contributed by atoms with Crippen molar-refractivity contribution in [3.63, 3.8) is 0 Å². The second-order valence-electron chi connectivity index (χ2n) is 7.31. The molecule has 142 valence electrons. The number of pyridine rings is 1. The van der Waals surface area contributed by atoms with Crippen LogP contribution >= 0.6 is 0 Å². The van der Waals surface area contributed by atoms with E-state index < -0.39 is 0 Å². The standard InChI is InChI=1S/C20H25N5O2/c26-19-10-8-16(22-23-19)17-6-5-13-25(17)20(27)15-7-9-18(21-14-15)24-11-3-1-2-4-12-24/h7-10,14,17H,1-6,11-13H2,(H,23,26). The van der Waals surface area contributed by atoms with E-state index in [0.717, 1.165) is 37.4 Å². The van der Waals surface area contributed by atoms with Crippen molar-refractivity contribution in [1.82, 2.24) is 20.1 Å². The van der Waals surface area contributed by atoms with E-state index in [2.05, 4.69) is 20.1 Å². The molecule has 2 aromatic rings. The van der Waals surface area contributed by atoms with Crippen LogP contribution in [-0.2, 0) is 0 Å². The normalized spacial score (nSPS) is 20.5. The van der Waals surface area contributed by atoms with Gasteiger partial charge in [-0.25, -0.2) is 10.1 Å². The molecule has 2 aromatic heterocycles. The van der Waals surface area contributed by atoms with Crippen molar-refractivity contribution >= 4 is 11.7 Å². The van der Waals surface area contributed by atoms with Gasteiger partial charge in [0.05, 0.1) is 17.3 Å². The minimum absolute atomic E-state index is 0.0274. The molecule has 1 unspecified atom stereocenters. The lowest BCUT2D eigenvalue weighted by atomic mass is 10.1. The van der Waals surface area contributed by atoms with E-state index in [1.165, 1.54) is 31.7 Å². The van der Waals surface area contributed by atoms with Gasteiger partial charge in [-0.3, -0.25) is 9.59 Å². The predicted octanol–water partition coefficient (Wildman–Crippen LogP) is 2.52. The number of hydrogen-bond acceptors (Lipinski definition) is 5. The quantitative estimate of drug-likeness (QED) is 0.901. The summed E-state index contributed by atoms with van der Waals surface area (Å²) >= 11 is 0. The van der Waals surface area contributed by atoms with E-state index in [-0.39, 0.29) is 17.5 Å². The van der Waals surface area contributed by atoms with Gasteiger partial charge < -0.3 is 9.80 Å². The van der Waals surface area contributed by atoms with E-state index >= 15 is 0 Å². The van der Waals surface area contributed by atoms with E-state index in [1.807, 2.05) is 17.0 Å². The molecule has 0 spiro atoms. The fourth-order valence-corrected chi connectivity index (χ4v) is 4.02. The lowest BCUT2D eigenvalue weighted by Crippen LogP contribution is -2.31. The van der Waals surface area contributed by atoms with Gasteiger partial charge in [0.15, 0.2) is 0 Å². The second kappa shape index (κ2) is 7.90. The maximum atomic E-state index is 13.0. The molecule has 0 saturated carbocycles. The highest BCUT2D eigenvalue weighted by atomic mass is 16.2. The van der Waals surface area contributed by atoms with Crippen LogP contribution in [-0.4, -0.2) is 45.6 Å². The summed E-state index contributed by atoms with van der Waals surface area (Å²) in [5.74, 6) is 0.925. The number of carbonyl (C=O) groups is 1. The Balaban J connectivity index is 1.49. The molecule has 0 aliphatic carbocycles. The van der Waals surface area contributed by atoms with E-state index in [0.29, 0.717) is 12.1 Å². The first-order chi connectivity index (χ1) is 13.2. The van der Waals surface area contributed by atoms with Gasteiger partial charge in [-0.1, -0.05) is 12.8 Å². The molecular weight excluding hydrogens is 342 g/mol. The molecule has 1 N–H and O–H groups in total. The van der Waals surface area contributed by atoms with Crippen molar-refractivity contribution in [3.05, 3.63) is 52.1 Å². The fraction of sp³-hybridized carbons (Fsp3) is 0.500. The minimum atomic E-state index is -0.233. The van der Waals surface area contributed by atoms with Crippen LogP contribution in [0.15, 0.2) is 35.3 Å². The molecule has 27 heavy (non-hydrogen) atoms. The van der Waals surface area contributed by atoms with E-state index in [1.54, 1.807) is 12.3 Å². The molecule has 4 rings (SSSR count). The van der Waals surface area contributed by atoms with Gasteiger partial charge in [-0.05, 0) is 43.9 Å². The largest absolute Gasteiger partial charge is 0.357 e. The highest BCUT2D eigenvalue weighted by Gasteiger charge is 2.31.